The monoisotopic (exact) mass is 540 g/mol. The van der Waals surface area contributed by atoms with Crippen LogP contribution >= 0.6 is 11.6 Å². The van der Waals surface area contributed by atoms with Gasteiger partial charge in [-0.3, -0.25) is 9.78 Å². The van der Waals surface area contributed by atoms with E-state index in [2.05, 4.69) is 50.2 Å². The van der Waals surface area contributed by atoms with Gasteiger partial charge in [-0.2, -0.15) is 0 Å². The summed E-state index contributed by atoms with van der Waals surface area (Å²) in [7, 11) is 4.11. The molecule has 38 heavy (non-hydrogen) atoms. The first-order valence-corrected chi connectivity index (χ1v) is 12.9. The third-order valence-corrected chi connectivity index (χ3v) is 6.40. The van der Waals surface area contributed by atoms with Crippen LogP contribution in [0.5, 0.6) is 0 Å². The number of rotatable bonds is 4. The topological polar surface area (TPSA) is 119 Å². The molecule has 1 aliphatic carbocycles. The van der Waals surface area contributed by atoms with Gasteiger partial charge >= 0.3 is 0 Å². The van der Waals surface area contributed by atoms with Crippen LogP contribution in [0.15, 0.2) is 49.1 Å². The van der Waals surface area contributed by atoms with Gasteiger partial charge in [-0.25, -0.2) is 4.98 Å². The molecule has 0 amide bonds. The average Bonchev–Trinajstić information content (AvgIpc) is 3.23. The minimum Gasteiger partial charge on any atom is -0.436 e. The van der Waals surface area contributed by atoms with Crippen molar-refractivity contribution in [1.29, 1.82) is 0 Å². The number of nitrogens with zero attached hydrogens (tertiary/aromatic N) is 4. The van der Waals surface area contributed by atoms with Gasteiger partial charge in [0.05, 0.1) is 30.0 Å². The van der Waals surface area contributed by atoms with Gasteiger partial charge < -0.3 is 30.4 Å². The predicted molar refractivity (Wildman–Crippen MR) is 150 cm³/mol. The van der Waals surface area contributed by atoms with Gasteiger partial charge in [0.15, 0.2) is 0 Å². The predicted octanol–water partition coefficient (Wildman–Crippen LogP) is 3.02. The van der Waals surface area contributed by atoms with Gasteiger partial charge in [0.25, 0.3) is 6.47 Å². The molecular weight excluding hydrogens is 504 g/mol. The second-order valence-electron chi connectivity index (χ2n) is 9.74. The van der Waals surface area contributed by atoms with Crippen molar-refractivity contribution in [3.63, 3.8) is 0 Å². The molecule has 10 heteroatoms. The summed E-state index contributed by atoms with van der Waals surface area (Å²) in [5.74, 6) is -1.32. The molecule has 1 aromatic carbocycles. The number of piperazine rings is 1. The van der Waals surface area contributed by atoms with Gasteiger partial charge in [0, 0.05) is 64.7 Å². The Morgan fingerprint density at radius 1 is 1.24 bits per heavy atom. The molecule has 2 aromatic heterocycles. The molecule has 9 nitrogen and oxygen atoms in total. The number of aryl methyl sites for hydroxylation is 1. The summed E-state index contributed by atoms with van der Waals surface area (Å²) >= 11 is 6.27. The molecule has 3 aromatic rings. The van der Waals surface area contributed by atoms with Crippen molar-refractivity contribution in [3.8, 4) is 0 Å². The Morgan fingerprint density at radius 3 is 2.53 bits per heavy atom. The van der Waals surface area contributed by atoms with E-state index < -0.39 is 5.79 Å². The van der Waals surface area contributed by atoms with Gasteiger partial charge in [0.1, 0.15) is 0 Å². The maximum absolute atomic E-state index is 9.44. The Labute approximate surface area is 229 Å². The lowest BCUT2D eigenvalue weighted by molar-refractivity contribution is -0.179. The quantitative estimate of drug-likeness (QED) is 0.341. The number of nitrogens with two attached hydrogens (primary N) is 1. The molecule has 1 fully saturated rings. The van der Waals surface area contributed by atoms with Crippen LogP contribution in [0.3, 0.4) is 0 Å². The number of likely N-dealkylation sites (N-methyl/N-ethyl adjacent to an activating group) is 1. The summed E-state index contributed by atoms with van der Waals surface area (Å²) in [5.41, 5.74) is 13.0. The van der Waals surface area contributed by atoms with E-state index >= 15 is 0 Å². The summed E-state index contributed by atoms with van der Waals surface area (Å²) in [5, 5.41) is 12.5. The number of nitrogens with one attached hydrogen (secondary N) is 1. The zero-order chi connectivity index (χ0) is 27.7. The lowest BCUT2D eigenvalue weighted by Gasteiger charge is -2.21. The van der Waals surface area contributed by atoms with Gasteiger partial charge in [-0.1, -0.05) is 23.7 Å². The van der Waals surface area contributed by atoms with Crippen LogP contribution in [0.4, 0.5) is 0 Å². The number of carbonyl (C=O) groups excluding carboxylic acids is 1. The molecule has 1 aliphatic heterocycles. The lowest BCUT2D eigenvalue weighted by Crippen LogP contribution is -2.40. The molecule has 0 bridgehead atoms. The first-order valence-electron chi connectivity index (χ1n) is 12.5. The maximum Gasteiger partial charge on any atom is 0.295 e. The van der Waals surface area contributed by atoms with Crippen molar-refractivity contribution in [2.75, 3.05) is 33.2 Å². The molecule has 4 N–H and O–H groups in total. The summed E-state index contributed by atoms with van der Waals surface area (Å²) in [6.45, 7) is 7.70. The largest absolute Gasteiger partial charge is 0.436 e. The third-order valence-electron chi connectivity index (χ3n) is 6.16. The summed E-state index contributed by atoms with van der Waals surface area (Å²) < 4.78 is 6.05. The number of ether oxygens (including phenoxy) is 1. The number of hydrogen-bond donors (Lipinski definition) is 3. The smallest absolute Gasteiger partial charge is 0.295 e. The van der Waals surface area contributed by atoms with E-state index in [1.165, 1.54) is 32.5 Å². The Hall–Kier alpha value is -3.08. The van der Waals surface area contributed by atoms with Crippen molar-refractivity contribution in [3.05, 3.63) is 82.2 Å². The van der Waals surface area contributed by atoms with E-state index in [-0.39, 0.29) is 12.5 Å². The van der Waals surface area contributed by atoms with E-state index in [1.54, 1.807) is 6.33 Å². The van der Waals surface area contributed by atoms with Crippen molar-refractivity contribution in [2.45, 2.75) is 32.1 Å². The fourth-order valence-electron chi connectivity index (χ4n) is 4.10. The van der Waals surface area contributed by atoms with Gasteiger partial charge in [-0.05, 0) is 53.6 Å². The summed E-state index contributed by atoms with van der Waals surface area (Å²) in [4.78, 5) is 20.5. The highest BCUT2D eigenvalue weighted by Crippen LogP contribution is 2.37. The number of aromatic nitrogens is 3. The number of fused-ring (bicyclic) bond motifs is 2. The Balaban J connectivity index is 0.000000235. The van der Waals surface area contributed by atoms with Crippen molar-refractivity contribution < 1.29 is 14.6 Å². The van der Waals surface area contributed by atoms with E-state index in [1.807, 2.05) is 42.2 Å². The first kappa shape index (κ1) is 29.5. The number of carbonyl (C=O) groups is 1. The number of aliphatic hydroxyl groups is 1. The lowest BCUT2D eigenvalue weighted by atomic mass is 9.92. The highest BCUT2D eigenvalue weighted by Gasteiger charge is 2.23. The molecule has 5 rings (SSSR count). The molecule has 204 valence electrons. The fraction of sp³-hybridized carbons (Fsp3) is 0.393. The van der Waals surface area contributed by atoms with Crippen LogP contribution in [0.2, 0.25) is 5.02 Å². The molecular formula is C28H37ClN6O3. The summed E-state index contributed by atoms with van der Waals surface area (Å²) in [6, 6.07) is 9.70. The van der Waals surface area contributed by atoms with Crippen LogP contribution in [-0.2, 0) is 23.0 Å². The minimum atomic E-state index is -1.32. The second kappa shape index (κ2) is 13.6. The Bertz CT molecular complexity index is 1230. The van der Waals surface area contributed by atoms with Gasteiger partial charge in [-0.15, -0.1) is 0 Å². The Morgan fingerprint density at radius 2 is 1.97 bits per heavy atom. The first-order chi connectivity index (χ1) is 18.1. The number of imidazole rings is 1. The zero-order valence-electron chi connectivity index (χ0n) is 22.4. The van der Waals surface area contributed by atoms with Crippen LogP contribution in [0, 0.1) is 0 Å². The normalized spacial score (nSPS) is 15.7. The standard InChI is InChI=1S/C19H17ClN4.C5H12N2.C4H8O3/c1-24-11-22-10-18(24)19(21)16-7-13-3-2-6-23-17(13)8-12-4-5-14(20)9-15(12)16;1-7-4-2-6-3-5-7;1-4(2,6)7-3-5/h2-7,9-11,19H,8,21H2,1H3;6H,2-5H2,1H3;3,6H,1-2H3. The second-order valence-corrected chi connectivity index (χ2v) is 10.2. The van der Waals surface area contributed by atoms with E-state index in [0.29, 0.717) is 5.02 Å². The molecule has 1 saturated heterocycles. The molecule has 0 spiro atoms. The SMILES string of the molecule is CC(C)(O)OC=O.CN1CCNCC1.Cn1cncc1C(N)C1=Cc2cccnc2Cc2ccc(Cl)cc21. The zero-order valence-corrected chi connectivity index (χ0v) is 23.2. The van der Waals surface area contributed by atoms with Gasteiger partial charge in [0.2, 0.25) is 5.79 Å². The van der Waals surface area contributed by atoms with Crippen molar-refractivity contribution in [2.24, 2.45) is 12.8 Å². The molecule has 3 heterocycles. The Kier molecular flexibility index (Phi) is 10.6. The van der Waals surface area contributed by atoms with E-state index in [9.17, 15) is 4.79 Å². The molecule has 1 unspecified atom stereocenters. The number of benzene rings is 1. The number of pyridine rings is 1. The molecule has 2 aliphatic rings. The molecule has 1 atom stereocenters. The highest BCUT2D eigenvalue weighted by molar-refractivity contribution is 6.30. The van der Waals surface area contributed by atoms with Crippen molar-refractivity contribution in [1.82, 2.24) is 24.8 Å². The third kappa shape index (κ3) is 8.47. The van der Waals surface area contributed by atoms with Crippen LogP contribution in [0.25, 0.3) is 11.6 Å². The summed E-state index contributed by atoms with van der Waals surface area (Å²) in [6.07, 6.45) is 8.29. The number of hydrogen-bond acceptors (Lipinski definition) is 8. The van der Waals surface area contributed by atoms with Crippen molar-refractivity contribution >= 4 is 29.7 Å². The van der Waals surface area contributed by atoms with Crippen LogP contribution in [-0.4, -0.2) is 70.0 Å². The molecule has 0 saturated carbocycles. The van der Waals surface area contributed by atoms with Crippen LogP contribution in [0.1, 0.15) is 48.0 Å². The molecule has 0 radical (unpaired) electrons. The van der Waals surface area contributed by atoms with E-state index in [0.717, 1.165) is 47.6 Å². The fourth-order valence-corrected chi connectivity index (χ4v) is 4.28. The highest BCUT2D eigenvalue weighted by atomic mass is 35.5. The van der Waals surface area contributed by atoms with E-state index in [4.69, 9.17) is 22.4 Å². The maximum atomic E-state index is 9.44. The van der Waals surface area contributed by atoms with Crippen LogP contribution < -0.4 is 11.1 Å². The average molecular weight is 541 g/mol. The number of halogens is 1. The minimum absolute atomic E-state index is 0.208.